The summed E-state index contributed by atoms with van der Waals surface area (Å²) in [6.07, 6.45) is 8.40. The SMILES string of the molecule is O=C1CC2C=CC=CC2ON1. The molecule has 0 saturated carbocycles. The summed E-state index contributed by atoms with van der Waals surface area (Å²) < 4.78 is 0. The van der Waals surface area contributed by atoms with Crippen LogP contribution in [0.1, 0.15) is 6.42 Å². The highest BCUT2D eigenvalue weighted by Crippen LogP contribution is 2.21. The summed E-state index contributed by atoms with van der Waals surface area (Å²) in [7, 11) is 0. The van der Waals surface area contributed by atoms with E-state index in [0.717, 1.165) is 0 Å². The first-order chi connectivity index (χ1) is 5.36. The Morgan fingerprint density at radius 2 is 2.27 bits per heavy atom. The number of hydrogen-bond acceptors (Lipinski definition) is 2. The van der Waals surface area contributed by atoms with Crippen molar-refractivity contribution in [1.82, 2.24) is 5.48 Å². The molecule has 11 heavy (non-hydrogen) atoms. The molecule has 2 unspecified atom stereocenters. The molecule has 2 rings (SSSR count). The van der Waals surface area contributed by atoms with Gasteiger partial charge in [0.05, 0.1) is 0 Å². The summed E-state index contributed by atoms with van der Waals surface area (Å²) in [4.78, 5) is 15.9. The van der Waals surface area contributed by atoms with Gasteiger partial charge in [0.15, 0.2) is 0 Å². The van der Waals surface area contributed by atoms with Crippen LogP contribution in [0.4, 0.5) is 0 Å². The first kappa shape index (κ1) is 6.61. The Balaban J connectivity index is 2.12. The molecule has 0 radical (unpaired) electrons. The van der Waals surface area contributed by atoms with Crippen molar-refractivity contribution in [2.75, 3.05) is 0 Å². The van der Waals surface area contributed by atoms with Crippen molar-refractivity contribution in [2.45, 2.75) is 12.5 Å². The molecule has 0 aromatic carbocycles. The van der Waals surface area contributed by atoms with E-state index in [1.54, 1.807) is 0 Å². The lowest BCUT2D eigenvalue weighted by atomic mass is 9.93. The maximum atomic E-state index is 10.8. The topological polar surface area (TPSA) is 38.3 Å². The predicted molar refractivity (Wildman–Crippen MR) is 39.4 cm³/mol. The number of amides is 1. The lowest BCUT2D eigenvalue weighted by Gasteiger charge is -2.27. The van der Waals surface area contributed by atoms with E-state index < -0.39 is 0 Å². The van der Waals surface area contributed by atoms with E-state index in [1.165, 1.54) is 0 Å². The van der Waals surface area contributed by atoms with Crippen molar-refractivity contribution in [3.63, 3.8) is 0 Å². The molecule has 2 aliphatic rings. The summed E-state index contributed by atoms with van der Waals surface area (Å²) in [5.41, 5.74) is 2.36. The van der Waals surface area contributed by atoms with E-state index in [-0.39, 0.29) is 17.9 Å². The lowest BCUT2D eigenvalue weighted by molar-refractivity contribution is -0.147. The Kier molecular flexibility index (Phi) is 1.51. The molecule has 1 N–H and O–H groups in total. The van der Waals surface area contributed by atoms with Crippen LogP contribution in [0.3, 0.4) is 0 Å². The Bertz CT molecular complexity index is 232. The van der Waals surface area contributed by atoms with Gasteiger partial charge in [-0.25, -0.2) is 5.48 Å². The van der Waals surface area contributed by atoms with E-state index in [1.807, 2.05) is 24.3 Å². The Hall–Kier alpha value is -1.09. The van der Waals surface area contributed by atoms with Gasteiger partial charge in [-0.2, -0.15) is 0 Å². The van der Waals surface area contributed by atoms with Crippen LogP contribution in [0.2, 0.25) is 0 Å². The van der Waals surface area contributed by atoms with Crippen LogP contribution >= 0.6 is 0 Å². The van der Waals surface area contributed by atoms with Crippen LogP contribution in [0, 0.1) is 5.92 Å². The average molecular weight is 151 g/mol. The van der Waals surface area contributed by atoms with Crippen molar-refractivity contribution < 1.29 is 9.63 Å². The smallest absolute Gasteiger partial charge is 0.244 e. The fourth-order valence-electron chi connectivity index (χ4n) is 1.33. The zero-order valence-electron chi connectivity index (χ0n) is 5.99. The van der Waals surface area contributed by atoms with E-state index >= 15 is 0 Å². The highest BCUT2D eigenvalue weighted by Gasteiger charge is 2.27. The lowest BCUT2D eigenvalue weighted by Crippen LogP contribution is -2.41. The predicted octanol–water partition coefficient (Wildman–Crippen LogP) is 0.549. The van der Waals surface area contributed by atoms with Crippen LogP contribution < -0.4 is 5.48 Å². The molecule has 58 valence electrons. The molecule has 1 saturated heterocycles. The van der Waals surface area contributed by atoms with E-state index in [0.29, 0.717) is 6.42 Å². The van der Waals surface area contributed by atoms with Crippen LogP contribution in [0.5, 0.6) is 0 Å². The largest absolute Gasteiger partial charge is 0.273 e. The van der Waals surface area contributed by atoms with Crippen LogP contribution in [-0.4, -0.2) is 12.0 Å². The van der Waals surface area contributed by atoms with Gasteiger partial charge in [-0.1, -0.05) is 24.3 Å². The summed E-state index contributed by atoms with van der Waals surface area (Å²) in [6.45, 7) is 0. The third kappa shape index (κ3) is 1.19. The minimum absolute atomic E-state index is 0.0359. The third-order valence-electron chi connectivity index (χ3n) is 1.92. The quantitative estimate of drug-likeness (QED) is 0.549. The van der Waals surface area contributed by atoms with Crippen LogP contribution in [-0.2, 0) is 9.63 Å². The van der Waals surface area contributed by atoms with Gasteiger partial charge in [-0.05, 0) is 0 Å². The number of carbonyl (C=O) groups excluding carboxylic acids is 1. The average Bonchev–Trinajstić information content (AvgIpc) is 2.04. The molecule has 1 aliphatic heterocycles. The zero-order chi connectivity index (χ0) is 7.68. The summed E-state index contributed by atoms with van der Waals surface area (Å²) in [5, 5.41) is 0. The van der Waals surface area contributed by atoms with Gasteiger partial charge in [0, 0.05) is 12.3 Å². The monoisotopic (exact) mass is 151 g/mol. The normalized spacial score (nSPS) is 34.7. The first-order valence-corrected chi connectivity index (χ1v) is 3.66. The standard InChI is InChI=1S/C8H9NO2/c10-8-5-6-3-1-2-4-7(6)11-9-8/h1-4,6-7H,5H2,(H,9,10). The number of hydrogen-bond donors (Lipinski definition) is 1. The molecule has 1 aliphatic carbocycles. The molecule has 3 heteroatoms. The van der Waals surface area contributed by atoms with E-state index in [4.69, 9.17) is 4.84 Å². The molecule has 2 atom stereocenters. The molecule has 0 bridgehead atoms. The fourth-order valence-corrected chi connectivity index (χ4v) is 1.33. The molecular weight excluding hydrogens is 142 g/mol. The van der Waals surface area contributed by atoms with E-state index in [2.05, 4.69) is 5.48 Å². The van der Waals surface area contributed by atoms with Crippen molar-refractivity contribution in [2.24, 2.45) is 5.92 Å². The molecule has 1 heterocycles. The number of fused-ring (bicyclic) bond motifs is 1. The Labute approximate surface area is 64.7 Å². The van der Waals surface area contributed by atoms with Crippen molar-refractivity contribution in [3.05, 3.63) is 24.3 Å². The molecule has 0 aromatic rings. The molecule has 1 fully saturated rings. The van der Waals surface area contributed by atoms with Crippen molar-refractivity contribution >= 4 is 5.91 Å². The summed E-state index contributed by atoms with van der Waals surface area (Å²) in [6, 6.07) is 0. The molecule has 3 nitrogen and oxygen atoms in total. The maximum absolute atomic E-state index is 10.8. The molecular formula is C8H9NO2. The first-order valence-electron chi connectivity index (χ1n) is 3.66. The Morgan fingerprint density at radius 1 is 1.45 bits per heavy atom. The zero-order valence-corrected chi connectivity index (χ0v) is 5.99. The number of hydroxylamine groups is 1. The Morgan fingerprint density at radius 3 is 3.18 bits per heavy atom. The maximum Gasteiger partial charge on any atom is 0.244 e. The molecule has 0 spiro atoms. The molecule has 1 amide bonds. The second kappa shape index (κ2) is 2.51. The van der Waals surface area contributed by atoms with Crippen LogP contribution in [0.25, 0.3) is 0 Å². The highest BCUT2D eigenvalue weighted by molar-refractivity contribution is 5.76. The summed E-state index contributed by atoms with van der Waals surface area (Å²) in [5.74, 6) is 0.194. The van der Waals surface area contributed by atoms with Crippen molar-refractivity contribution in [3.8, 4) is 0 Å². The van der Waals surface area contributed by atoms with Gasteiger partial charge < -0.3 is 0 Å². The van der Waals surface area contributed by atoms with Gasteiger partial charge in [0.2, 0.25) is 5.91 Å². The van der Waals surface area contributed by atoms with Gasteiger partial charge in [0.1, 0.15) is 6.10 Å². The minimum Gasteiger partial charge on any atom is -0.273 e. The number of nitrogens with one attached hydrogen (secondary N) is 1. The second-order valence-corrected chi connectivity index (χ2v) is 2.75. The number of carbonyl (C=O) groups is 1. The third-order valence-corrected chi connectivity index (χ3v) is 1.92. The summed E-state index contributed by atoms with van der Waals surface area (Å²) >= 11 is 0. The van der Waals surface area contributed by atoms with Gasteiger partial charge in [-0.15, -0.1) is 0 Å². The second-order valence-electron chi connectivity index (χ2n) is 2.75. The minimum atomic E-state index is -0.0359. The van der Waals surface area contributed by atoms with Gasteiger partial charge >= 0.3 is 0 Å². The van der Waals surface area contributed by atoms with Gasteiger partial charge in [-0.3, -0.25) is 9.63 Å². The number of rotatable bonds is 0. The fraction of sp³-hybridized carbons (Fsp3) is 0.375. The van der Waals surface area contributed by atoms with Gasteiger partial charge in [0.25, 0.3) is 0 Å². The number of allylic oxidation sites excluding steroid dienone is 2. The van der Waals surface area contributed by atoms with E-state index in [9.17, 15) is 4.79 Å². The molecule has 0 aromatic heterocycles. The highest BCUT2D eigenvalue weighted by atomic mass is 16.7. The van der Waals surface area contributed by atoms with Crippen molar-refractivity contribution in [1.29, 1.82) is 0 Å². The van der Waals surface area contributed by atoms with Crippen LogP contribution in [0.15, 0.2) is 24.3 Å².